The molecule has 5 heteroatoms. The van der Waals surface area contributed by atoms with Gasteiger partial charge in [-0.15, -0.1) is 11.3 Å². The average molecular weight is 449 g/mol. The first-order chi connectivity index (χ1) is 11.2. The van der Waals surface area contributed by atoms with Crippen LogP contribution in [0, 0.1) is 14.9 Å². The number of benzene rings is 2. The van der Waals surface area contributed by atoms with Crippen molar-refractivity contribution in [1.82, 2.24) is 4.98 Å². The lowest BCUT2D eigenvalue weighted by atomic mass is 10.1. The van der Waals surface area contributed by atoms with Crippen LogP contribution in [-0.2, 0) is 0 Å². The van der Waals surface area contributed by atoms with Gasteiger partial charge in [0.05, 0.1) is 11.3 Å². The molecule has 0 aliphatic rings. The molecule has 2 aromatic carbocycles. The van der Waals surface area contributed by atoms with E-state index in [2.05, 4.69) is 33.6 Å². The van der Waals surface area contributed by atoms with Gasteiger partial charge in [-0.1, -0.05) is 35.9 Å². The van der Waals surface area contributed by atoms with Crippen molar-refractivity contribution in [2.24, 2.45) is 0 Å². The first-order valence-electron chi connectivity index (χ1n) is 6.75. The van der Waals surface area contributed by atoms with Gasteiger partial charge in [0.25, 0.3) is 0 Å². The Hall–Kier alpha value is -1.68. The van der Waals surface area contributed by atoms with Crippen LogP contribution >= 0.6 is 45.5 Å². The maximum atomic E-state index is 9.44. The van der Waals surface area contributed by atoms with Gasteiger partial charge in [0, 0.05) is 19.5 Å². The van der Waals surface area contributed by atoms with Crippen molar-refractivity contribution in [2.45, 2.75) is 0 Å². The van der Waals surface area contributed by atoms with Gasteiger partial charge in [0.1, 0.15) is 11.1 Å². The fourth-order valence-corrected chi connectivity index (χ4v) is 3.30. The van der Waals surface area contributed by atoms with E-state index in [1.807, 2.05) is 60.0 Å². The Labute approximate surface area is 157 Å². The highest BCUT2D eigenvalue weighted by atomic mass is 127. The smallest absolute Gasteiger partial charge is 0.134 e. The van der Waals surface area contributed by atoms with Gasteiger partial charge in [-0.2, -0.15) is 5.26 Å². The molecule has 0 fully saturated rings. The minimum atomic E-state index is 0.566. The van der Waals surface area contributed by atoms with E-state index in [0.29, 0.717) is 10.6 Å². The highest BCUT2D eigenvalue weighted by molar-refractivity contribution is 14.1. The van der Waals surface area contributed by atoms with Gasteiger partial charge >= 0.3 is 0 Å². The first kappa shape index (κ1) is 16.2. The van der Waals surface area contributed by atoms with Crippen molar-refractivity contribution in [3.8, 4) is 17.3 Å². The van der Waals surface area contributed by atoms with Crippen molar-refractivity contribution in [2.75, 3.05) is 0 Å². The molecular weight excluding hydrogens is 439 g/mol. The molecule has 0 aliphatic heterocycles. The summed E-state index contributed by atoms with van der Waals surface area (Å²) < 4.78 is 1.16. The van der Waals surface area contributed by atoms with E-state index in [-0.39, 0.29) is 0 Å². The Kier molecular flexibility index (Phi) is 5.11. The first-order valence-corrected chi connectivity index (χ1v) is 9.08. The van der Waals surface area contributed by atoms with Crippen LogP contribution in [0.3, 0.4) is 0 Å². The molecule has 112 valence electrons. The number of allylic oxidation sites excluding steroid dienone is 1. The predicted molar refractivity (Wildman–Crippen MR) is 105 cm³/mol. The molecule has 0 bridgehead atoms. The van der Waals surface area contributed by atoms with Crippen LogP contribution in [0.1, 0.15) is 10.6 Å². The van der Waals surface area contributed by atoms with Crippen molar-refractivity contribution in [1.29, 1.82) is 5.26 Å². The number of aromatic nitrogens is 1. The fourth-order valence-electron chi connectivity index (χ4n) is 2.02. The lowest BCUT2D eigenvalue weighted by Gasteiger charge is -1.97. The van der Waals surface area contributed by atoms with Crippen LogP contribution in [0.25, 0.3) is 22.9 Å². The monoisotopic (exact) mass is 448 g/mol. The Morgan fingerprint density at radius 1 is 1.13 bits per heavy atom. The molecular formula is C18H10ClIN2S. The summed E-state index contributed by atoms with van der Waals surface area (Å²) in [6, 6.07) is 17.8. The summed E-state index contributed by atoms with van der Waals surface area (Å²) in [5.41, 5.74) is 3.40. The van der Waals surface area contributed by atoms with Gasteiger partial charge < -0.3 is 0 Å². The standard InChI is InChI=1S/C18H10ClIN2S/c19-15-5-3-13(4-6-15)17-11-23-18(22-17)14(10-21)9-12-1-7-16(20)8-2-12/h1-9,11H/b14-9+. The van der Waals surface area contributed by atoms with Gasteiger partial charge in [0.2, 0.25) is 0 Å². The van der Waals surface area contributed by atoms with E-state index >= 15 is 0 Å². The van der Waals surface area contributed by atoms with Crippen molar-refractivity contribution in [3.05, 3.63) is 73.1 Å². The topological polar surface area (TPSA) is 36.7 Å². The number of nitrogens with zero attached hydrogens (tertiary/aromatic N) is 2. The highest BCUT2D eigenvalue weighted by Gasteiger charge is 2.09. The minimum Gasteiger partial charge on any atom is -0.235 e. The lowest BCUT2D eigenvalue weighted by Crippen LogP contribution is -1.83. The molecule has 2 nitrogen and oxygen atoms in total. The molecule has 0 N–H and O–H groups in total. The Morgan fingerprint density at radius 3 is 2.48 bits per heavy atom. The quantitative estimate of drug-likeness (QED) is 0.357. The molecule has 0 saturated heterocycles. The predicted octanol–water partition coefficient (Wildman–Crippen LogP) is 6.13. The molecule has 3 rings (SSSR count). The number of hydrogen-bond donors (Lipinski definition) is 0. The molecule has 0 radical (unpaired) electrons. The molecule has 0 amide bonds. The molecule has 0 unspecified atom stereocenters. The zero-order valence-corrected chi connectivity index (χ0v) is 15.6. The molecule has 0 aliphatic carbocycles. The van der Waals surface area contributed by atoms with Crippen LogP contribution in [0.2, 0.25) is 5.02 Å². The van der Waals surface area contributed by atoms with E-state index in [9.17, 15) is 5.26 Å². The molecule has 3 aromatic rings. The van der Waals surface area contributed by atoms with Crippen molar-refractivity contribution >= 4 is 57.2 Å². The van der Waals surface area contributed by atoms with E-state index in [0.717, 1.165) is 25.4 Å². The largest absolute Gasteiger partial charge is 0.235 e. The van der Waals surface area contributed by atoms with Crippen LogP contribution in [0.4, 0.5) is 0 Å². The highest BCUT2D eigenvalue weighted by Crippen LogP contribution is 2.28. The lowest BCUT2D eigenvalue weighted by molar-refractivity contribution is 1.37. The minimum absolute atomic E-state index is 0.566. The summed E-state index contributed by atoms with van der Waals surface area (Å²) >= 11 is 9.63. The zero-order chi connectivity index (χ0) is 16.2. The molecule has 1 heterocycles. The summed E-state index contributed by atoms with van der Waals surface area (Å²) in [5, 5.41) is 12.8. The van der Waals surface area contributed by atoms with Gasteiger partial charge in [-0.3, -0.25) is 0 Å². The van der Waals surface area contributed by atoms with Gasteiger partial charge in [0.15, 0.2) is 0 Å². The molecule has 0 saturated carbocycles. The fraction of sp³-hybridized carbons (Fsp3) is 0. The molecule has 0 atom stereocenters. The van der Waals surface area contributed by atoms with E-state index in [1.165, 1.54) is 11.3 Å². The third-order valence-corrected chi connectivity index (χ3v) is 5.02. The normalized spacial score (nSPS) is 11.3. The summed E-state index contributed by atoms with van der Waals surface area (Å²) in [4.78, 5) is 4.58. The maximum Gasteiger partial charge on any atom is 0.134 e. The third kappa shape index (κ3) is 3.99. The van der Waals surface area contributed by atoms with Crippen LogP contribution in [-0.4, -0.2) is 4.98 Å². The van der Waals surface area contributed by atoms with Gasteiger partial charge in [-0.05, 0) is 58.5 Å². The number of rotatable bonds is 3. The van der Waals surface area contributed by atoms with Crippen LogP contribution in [0.15, 0.2) is 53.9 Å². The average Bonchev–Trinajstić information content (AvgIpc) is 3.05. The maximum absolute atomic E-state index is 9.44. The van der Waals surface area contributed by atoms with Crippen molar-refractivity contribution < 1.29 is 0 Å². The second-order valence-corrected chi connectivity index (χ2v) is 7.31. The Balaban J connectivity index is 1.92. The Morgan fingerprint density at radius 2 is 1.83 bits per heavy atom. The Bertz CT molecular complexity index is 890. The SMILES string of the molecule is N#C/C(=C\c1ccc(I)cc1)c1nc(-c2ccc(Cl)cc2)cs1. The number of halogens is 2. The molecule has 1 aromatic heterocycles. The molecule has 23 heavy (non-hydrogen) atoms. The van der Waals surface area contributed by atoms with Crippen LogP contribution in [0.5, 0.6) is 0 Å². The number of nitriles is 1. The van der Waals surface area contributed by atoms with Crippen LogP contribution < -0.4 is 0 Å². The summed E-state index contributed by atoms with van der Waals surface area (Å²) in [6.07, 6.45) is 1.86. The molecule has 0 spiro atoms. The summed E-state index contributed by atoms with van der Waals surface area (Å²) in [7, 11) is 0. The third-order valence-electron chi connectivity index (χ3n) is 3.18. The number of thiazole rings is 1. The van der Waals surface area contributed by atoms with E-state index < -0.39 is 0 Å². The number of hydrogen-bond acceptors (Lipinski definition) is 3. The second kappa shape index (κ2) is 7.26. The van der Waals surface area contributed by atoms with E-state index in [4.69, 9.17) is 11.6 Å². The summed E-state index contributed by atoms with van der Waals surface area (Å²) in [6.45, 7) is 0. The van der Waals surface area contributed by atoms with E-state index in [1.54, 1.807) is 0 Å². The van der Waals surface area contributed by atoms with Gasteiger partial charge in [-0.25, -0.2) is 4.98 Å². The summed E-state index contributed by atoms with van der Waals surface area (Å²) in [5.74, 6) is 0. The second-order valence-electron chi connectivity index (χ2n) is 4.77. The zero-order valence-electron chi connectivity index (χ0n) is 11.8. The van der Waals surface area contributed by atoms with Crippen molar-refractivity contribution in [3.63, 3.8) is 0 Å².